The maximum atomic E-state index is 12.9. The molecule has 1 N–H and O–H groups in total. The molecular weight excluding hydrogens is 440 g/mol. The highest BCUT2D eigenvalue weighted by Gasteiger charge is 2.15. The molecular formula is C28H28N4OS. The van der Waals surface area contributed by atoms with Gasteiger partial charge in [-0.2, -0.15) is 0 Å². The SMILES string of the molecule is CCN(CC)CCc1cc2cc(-c3ccc4ncccc4c3)c(-c3ccc(C)s3)nc2[nH]c1=O. The molecule has 0 spiro atoms. The van der Waals surface area contributed by atoms with Crippen LogP contribution >= 0.6 is 11.3 Å². The summed E-state index contributed by atoms with van der Waals surface area (Å²) in [5, 5.41) is 2.04. The largest absolute Gasteiger partial charge is 0.306 e. The van der Waals surface area contributed by atoms with Gasteiger partial charge in [0.15, 0.2) is 0 Å². The van der Waals surface area contributed by atoms with Crippen LogP contribution in [0.2, 0.25) is 0 Å². The van der Waals surface area contributed by atoms with Crippen LogP contribution in [0.25, 0.3) is 43.6 Å². The molecule has 0 radical (unpaired) electrons. The summed E-state index contributed by atoms with van der Waals surface area (Å²) >= 11 is 1.71. The number of pyridine rings is 3. The average molecular weight is 469 g/mol. The first-order chi connectivity index (χ1) is 16.6. The molecule has 0 saturated carbocycles. The van der Waals surface area contributed by atoms with Crippen molar-refractivity contribution >= 4 is 33.3 Å². The first-order valence-electron chi connectivity index (χ1n) is 11.8. The highest BCUT2D eigenvalue weighted by Crippen LogP contribution is 2.37. The molecule has 0 aliphatic carbocycles. The Labute approximate surface area is 203 Å². The molecule has 0 unspecified atom stereocenters. The van der Waals surface area contributed by atoms with Crippen molar-refractivity contribution < 1.29 is 0 Å². The molecule has 0 amide bonds. The molecule has 0 bridgehead atoms. The number of hydrogen-bond donors (Lipinski definition) is 1. The Kier molecular flexibility index (Phi) is 6.26. The lowest BCUT2D eigenvalue weighted by molar-refractivity contribution is 0.307. The number of H-pyrrole nitrogens is 1. The number of aryl methyl sites for hydroxylation is 1. The van der Waals surface area contributed by atoms with Gasteiger partial charge in [-0.3, -0.25) is 9.78 Å². The summed E-state index contributed by atoms with van der Waals surface area (Å²) in [5.41, 5.74) is 5.38. The average Bonchev–Trinajstić information content (AvgIpc) is 3.30. The first kappa shape index (κ1) is 22.4. The van der Waals surface area contributed by atoms with Gasteiger partial charge in [-0.05, 0) is 74.5 Å². The topological polar surface area (TPSA) is 61.9 Å². The molecule has 0 saturated heterocycles. The number of thiophene rings is 1. The molecule has 172 valence electrons. The standard InChI is InChI=1S/C28H28N4OS/c1-4-32(5-2)14-12-21-16-22-17-23(19-9-10-24-20(15-19)7-6-13-29-24)26(25-11-8-18(3)34-25)30-27(22)31-28(21)33/h6-11,13,15-17H,4-5,12,14H2,1-3H3,(H,30,31,33). The zero-order valence-electron chi connectivity index (χ0n) is 19.8. The van der Waals surface area contributed by atoms with E-state index in [1.54, 1.807) is 11.3 Å². The Bertz CT molecular complexity index is 1530. The molecule has 5 aromatic rings. The van der Waals surface area contributed by atoms with Crippen LogP contribution in [0.1, 0.15) is 24.3 Å². The number of rotatable bonds is 7. The molecule has 5 nitrogen and oxygen atoms in total. The Morgan fingerprint density at radius 2 is 1.85 bits per heavy atom. The third-order valence-corrected chi connectivity index (χ3v) is 7.39. The van der Waals surface area contributed by atoms with Crippen molar-refractivity contribution in [2.45, 2.75) is 27.2 Å². The van der Waals surface area contributed by atoms with Gasteiger partial charge in [0.2, 0.25) is 0 Å². The molecule has 4 aromatic heterocycles. The summed E-state index contributed by atoms with van der Waals surface area (Å²) < 4.78 is 0. The van der Waals surface area contributed by atoms with E-state index in [2.05, 4.69) is 78.1 Å². The monoisotopic (exact) mass is 468 g/mol. The van der Waals surface area contributed by atoms with Crippen LogP contribution in [0.3, 0.4) is 0 Å². The molecule has 0 aliphatic heterocycles. The van der Waals surface area contributed by atoms with Gasteiger partial charge in [0, 0.05) is 39.5 Å². The molecule has 6 heteroatoms. The van der Waals surface area contributed by atoms with E-state index in [0.717, 1.165) is 69.6 Å². The maximum absolute atomic E-state index is 12.9. The van der Waals surface area contributed by atoms with Crippen LogP contribution in [-0.4, -0.2) is 39.5 Å². The summed E-state index contributed by atoms with van der Waals surface area (Å²) in [6.45, 7) is 9.23. The minimum Gasteiger partial charge on any atom is -0.306 e. The number of likely N-dealkylation sites (N-methyl/N-ethyl adjacent to an activating group) is 1. The van der Waals surface area contributed by atoms with E-state index in [4.69, 9.17) is 4.98 Å². The summed E-state index contributed by atoms with van der Waals surface area (Å²) in [6, 6.07) is 18.8. The number of hydrogen-bond acceptors (Lipinski definition) is 5. The van der Waals surface area contributed by atoms with Crippen LogP contribution in [0.4, 0.5) is 0 Å². The van der Waals surface area contributed by atoms with Crippen molar-refractivity contribution in [3.05, 3.63) is 81.6 Å². The zero-order valence-corrected chi connectivity index (χ0v) is 20.6. The Hall–Kier alpha value is -3.35. The van der Waals surface area contributed by atoms with Gasteiger partial charge in [0.1, 0.15) is 5.65 Å². The van der Waals surface area contributed by atoms with E-state index in [1.807, 2.05) is 18.3 Å². The molecule has 0 fully saturated rings. The highest BCUT2D eigenvalue weighted by molar-refractivity contribution is 7.15. The van der Waals surface area contributed by atoms with Gasteiger partial charge in [0.05, 0.1) is 16.1 Å². The summed E-state index contributed by atoms with van der Waals surface area (Å²) in [4.78, 5) is 30.0. The smallest absolute Gasteiger partial charge is 0.252 e. The van der Waals surface area contributed by atoms with Gasteiger partial charge in [-0.25, -0.2) is 4.98 Å². The second-order valence-electron chi connectivity index (χ2n) is 8.54. The second kappa shape index (κ2) is 9.49. The quantitative estimate of drug-likeness (QED) is 0.315. The fourth-order valence-corrected chi connectivity index (χ4v) is 5.27. The van der Waals surface area contributed by atoms with Crippen LogP contribution in [-0.2, 0) is 6.42 Å². The molecule has 0 aliphatic rings. The van der Waals surface area contributed by atoms with Crippen LogP contribution in [0, 0.1) is 6.92 Å². The van der Waals surface area contributed by atoms with Gasteiger partial charge in [0.25, 0.3) is 5.56 Å². The molecule has 1 aromatic carbocycles. The summed E-state index contributed by atoms with van der Waals surface area (Å²) in [6.07, 6.45) is 2.53. The van der Waals surface area contributed by atoms with Gasteiger partial charge in [-0.15, -0.1) is 11.3 Å². The van der Waals surface area contributed by atoms with E-state index in [9.17, 15) is 4.79 Å². The van der Waals surface area contributed by atoms with Crippen molar-refractivity contribution in [2.24, 2.45) is 0 Å². The number of aromatic nitrogens is 3. The minimum atomic E-state index is -0.0509. The van der Waals surface area contributed by atoms with E-state index in [0.29, 0.717) is 5.65 Å². The number of nitrogens with one attached hydrogen (secondary N) is 1. The third-order valence-electron chi connectivity index (χ3n) is 6.38. The fourth-order valence-electron chi connectivity index (χ4n) is 4.40. The molecule has 5 rings (SSSR count). The van der Waals surface area contributed by atoms with Crippen molar-refractivity contribution in [2.75, 3.05) is 19.6 Å². The lowest BCUT2D eigenvalue weighted by Gasteiger charge is -2.17. The Morgan fingerprint density at radius 1 is 1.00 bits per heavy atom. The van der Waals surface area contributed by atoms with E-state index >= 15 is 0 Å². The summed E-state index contributed by atoms with van der Waals surface area (Å²) in [5.74, 6) is 0. The Balaban J connectivity index is 1.67. The molecule has 4 heterocycles. The van der Waals surface area contributed by atoms with E-state index in [1.165, 1.54) is 4.88 Å². The molecule has 34 heavy (non-hydrogen) atoms. The van der Waals surface area contributed by atoms with E-state index < -0.39 is 0 Å². The summed E-state index contributed by atoms with van der Waals surface area (Å²) in [7, 11) is 0. The van der Waals surface area contributed by atoms with Gasteiger partial charge >= 0.3 is 0 Å². The van der Waals surface area contributed by atoms with Gasteiger partial charge < -0.3 is 9.88 Å². The number of nitrogens with zero attached hydrogens (tertiary/aromatic N) is 3. The van der Waals surface area contributed by atoms with E-state index in [-0.39, 0.29) is 5.56 Å². The first-order valence-corrected chi connectivity index (χ1v) is 12.6. The van der Waals surface area contributed by atoms with Crippen LogP contribution in [0.5, 0.6) is 0 Å². The lowest BCUT2D eigenvalue weighted by atomic mass is 9.99. The predicted molar refractivity (Wildman–Crippen MR) is 143 cm³/mol. The second-order valence-corrected chi connectivity index (χ2v) is 9.83. The number of benzene rings is 1. The van der Waals surface area contributed by atoms with Crippen LogP contribution < -0.4 is 5.56 Å². The van der Waals surface area contributed by atoms with Crippen molar-refractivity contribution in [1.29, 1.82) is 0 Å². The fraction of sp³-hybridized carbons (Fsp3) is 0.250. The third kappa shape index (κ3) is 4.39. The molecule has 0 atom stereocenters. The van der Waals surface area contributed by atoms with Crippen molar-refractivity contribution in [1.82, 2.24) is 19.9 Å². The number of aromatic amines is 1. The van der Waals surface area contributed by atoms with Gasteiger partial charge in [-0.1, -0.05) is 26.0 Å². The van der Waals surface area contributed by atoms with Crippen LogP contribution in [0.15, 0.2) is 65.6 Å². The minimum absolute atomic E-state index is 0.0509. The normalized spacial score (nSPS) is 11.6. The number of fused-ring (bicyclic) bond motifs is 2. The van der Waals surface area contributed by atoms with Crippen molar-refractivity contribution in [3.8, 4) is 21.7 Å². The lowest BCUT2D eigenvalue weighted by Crippen LogP contribution is -2.27. The Morgan fingerprint density at radius 3 is 2.62 bits per heavy atom. The zero-order chi connectivity index (χ0) is 23.7. The predicted octanol–water partition coefficient (Wildman–Crippen LogP) is 6.06. The highest BCUT2D eigenvalue weighted by atomic mass is 32.1. The maximum Gasteiger partial charge on any atom is 0.252 e. The van der Waals surface area contributed by atoms with Crippen molar-refractivity contribution in [3.63, 3.8) is 0 Å².